The Hall–Kier alpha value is -1.04. The zero-order valence-corrected chi connectivity index (χ0v) is 7.98. The Kier molecular flexibility index (Phi) is 2.84. The van der Waals surface area contributed by atoms with Gasteiger partial charge >= 0.3 is 10.2 Å². The van der Waals surface area contributed by atoms with E-state index < -0.39 is 27.1 Å². The van der Waals surface area contributed by atoms with Crippen LogP contribution in [0.3, 0.4) is 0 Å². The molecule has 0 aromatic heterocycles. The lowest BCUT2D eigenvalue weighted by atomic mass is 10.1. The Labute approximate surface area is 79.6 Å². The lowest BCUT2D eigenvalue weighted by Gasteiger charge is -2.03. The molecule has 1 aromatic carbocycles. The normalized spacial score (nSPS) is 12.1. The van der Waals surface area contributed by atoms with Gasteiger partial charge < -0.3 is 0 Å². The zero-order valence-electron chi connectivity index (χ0n) is 7.17. The topological polar surface area (TPSA) is 34.1 Å². The van der Waals surface area contributed by atoms with Crippen molar-refractivity contribution in [1.29, 1.82) is 0 Å². The van der Waals surface area contributed by atoms with E-state index in [1.165, 1.54) is 6.92 Å². The molecule has 2 nitrogen and oxygen atoms in total. The van der Waals surface area contributed by atoms with E-state index in [2.05, 4.69) is 0 Å². The molecule has 0 saturated carbocycles. The fourth-order valence-electron chi connectivity index (χ4n) is 1.04. The second-order valence-electron chi connectivity index (χ2n) is 2.82. The number of benzene rings is 1. The van der Waals surface area contributed by atoms with Gasteiger partial charge in [-0.05, 0) is 24.6 Å². The van der Waals surface area contributed by atoms with Crippen LogP contribution in [-0.2, 0) is 10.2 Å². The van der Waals surface area contributed by atoms with Crippen molar-refractivity contribution in [3.8, 4) is 0 Å². The third-order valence-electron chi connectivity index (χ3n) is 1.61. The molecule has 0 heterocycles. The van der Waals surface area contributed by atoms with Crippen LogP contribution >= 0.6 is 0 Å². The Morgan fingerprint density at radius 3 is 2.21 bits per heavy atom. The first-order chi connectivity index (χ1) is 6.30. The number of alkyl halides is 2. The van der Waals surface area contributed by atoms with Gasteiger partial charge in [0.25, 0.3) is 6.43 Å². The van der Waals surface area contributed by atoms with E-state index in [0.717, 1.165) is 12.1 Å². The number of aryl methyl sites for hydroxylation is 1. The molecule has 0 N–H and O–H groups in total. The van der Waals surface area contributed by atoms with E-state index in [-0.39, 0.29) is 5.56 Å². The summed E-state index contributed by atoms with van der Waals surface area (Å²) in [4.78, 5) is -0.729. The van der Waals surface area contributed by atoms with Gasteiger partial charge in [-0.1, -0.05) is 6.07 Å². The lowest BCUT2D eigenvalue weighted by molar-refractivity contribution is 0.151. The number of rotatable bonds is 2. The van der Waals surface area contributed by atoms with E-state index in [1.807, 2.05) is 0 Å². The summed E-state index contributed by atoms with van der Waals surface area (Å²) in [5, 5.41) is 0. The summed E-state index contributed by atoms with van der Waals surface area (Å²) < 4.78 is 57.8. The Morgan fingerprint density at radius 1 is 1.21 bits per heavy atom. The van der Waals surface area contributed by atoms with Gasteiger partial charge in [-0.15, -0.1) is 3.89 Å². The molecule has 0 fully saturated rings. The molecule has 0 radical (unpaired) electrons. The summed E-state index contributed by atoms with van der Waals surface area (Å²) in [5.41, 5.74) is -0.222. The summed E-state index contributed by atoms with van der Waals surface area (Å²) >= 11 is 0. The maximum absolute atomic E-state index is 12.5. The summed E-state index contributed by atoms with van der Waals surface area (Å²) in [7, 11) is -4.91. The van der Waals surface area contributed by atoms with E-state index in [9.17, 15) is 21.1 Å². The molecule has 0 amide bonds. The monoisotopic (exact) mass is 224 g/mol. The fraction of sp³-hybridized carbons (Fsp3) is 0.250. The summed E-state index contributed by atoms with van der Waals surface area (Å²) in [6.45, 7) is 1.42. The predicted molar refractivity (Wildman–Crippen MR) is 44.4 cm³/mol. The van der Waals surface area contributed by atoms with Crippen molar-refractivity contribution in [2.24, 2.45) is 0 Å². The van der Waals surface area contributed by atoms with Crippen LogP contribution in [0, 0.1) is 6.92 Å². The molecule has 0 bridgehead atoms. The minimum atomic E-state index is -4.91. The maximum atomic E-state index is 12.5. The molecule has 6 heteroatoms. The van der Waals surface area contributed by atoms with Crippen molar-refractivity contribution >= 4 is 10.2 Å². The average Bonchev–Trinajstić information content (AvgIpc) is 2.01. The molecule has 78 valence electrons. The van der Waals surface area contributed by atoms with Crippen molar-refractivity contribution in [2.45, 2.75) is 18.2 Å². The van der Waals surface area contributed by atoms with Gasteiger partial charge in [-0.25, -0.2) is 8.78 Å². The SMILES string of the molecule is Cc1cc(C(F)F)cc(S(=O)(=O)F)c1. The van der Waals surface area contributed by atoms with Crippen LogP contribution in [0.15, 0.2) is 23.1 Å². The van der Waals surface area contributed by atoms with Gasteiger partial charge in [0.2, 0.25) is 0 Å². The molecule has 14 heavy (non-hydrogen) atoms. The molecule has 0 aliphatic heterocycles. The molecule has 0 aliphatic rings. The summed E-state index contributed by atoms with van der Waals surface area (Å²) in [5.74, 6) is 0. The standard InChI is InChI=1S/C8H7F3O2S/c1-5-2-6(8(9)10)4-7(3-5)14(11,12)13/h2-4,8H,1H3. The van der Waals surface area contributed by atoms with Crippen LogP contribution in [0.5, 0.6) is 0 Å². The van der Waals surface area contributed by atoms with E-state index in [0.29, 0.717) is 6.07 Å². The first-order valence-electron chi connectivity index (χ1n) is 3.65. The minimum Gasteiger partial charge on any atom is -0.205 e. The third kappa shape index (κ3) is 2.47. The van der Waals surface area contributed by atoms with Crippen molar-refractivity contribution < 1.29 is 21.1 Å². The highest BCUT2D eigenvalue weighted by Crippen LogP contribution is 2.24. The molecule has 0 unspecified atom stereocenters. The molecule has 1 aromatic rings. The van der Waals surface area contributed by atoms with E-state index >= 15 is 0 Å². The summed E-state index contributed by atoms with van der Waals surface area (Å²) in [6.07, 6.45) is -2.81. The number of hydrogen-bond donors (Lipinski definition) is 0. The van der Waals surface area contributed by atoms with Crippen LogP contribution < -0.4 is 0 Å². The lowest BCUT2D eigenvalue weighted by Crippen LogP contribution is -1.95. The average molecular weight is 224 g/mol. The molecule has 0 spiro atoms. The van der Waals surface area contributed by atoms with Crippen LogP contribution in [0.1, 0.15) is 17.6 Å². The van der Waals surface area contributed by atoms with Gasteiger partial charge in [0.15, 0.2) is 0 Å². The molecule has 0 atom stereocenters. The van der Waals surface area contributed by atoms with Crippen molar-refractivity contribution in [2.75, 3.05) is 0 Å². The van der Waals surface area contributed by atoms with E-state index in [1.54, 1.807) is 0 Å². The van der Waals surface area contributed by atoms with Gasteiger partial charge in [-0.3, -0.25) is 0 Å². The molecular weight excluding hydrogens is 217 g/mol. The predicted octanol–water partition coefficient (Wildman–Crippen LogP) is 2.59. The van der Waals surface area contributed by atoms with Gasteiger partial charge in [0.05, 0.1) is 4.90 Å². The van der Waals surface area contributed by atoms with Crippen molar-refractivity contribution in [1.82, 2.24) is 0 Å². The first-order valence-corrected chi connectivity index (χ1v) is 5.03. The maximum Gasteiger partial charge on any atom is 0.332 e. The molecular formula is C8H7F3O2S. The van der Waals surface area contributed by atoms with E-state index in [4.69, 9.17) is 0 Å². The van der Waals surface area contributed by atoms with Gasteiger partial charge in [0.1, 0.15) is 0 Å². The van der Waals surface area contributed by atoms with Crippen LogP contribution in [0.2, 0.25) is 0 Å². The van der Waals surface area contributed by atoms with Crippen LogP contribution in [-0.4, -0.2) is 8.42 Å². The van der Waals surface area contributed by atoms with Gasteiger partial charge in [-0.2, -0.15) is 8.42 Å². The molecule has 0 saturated heterocycles. The molecule has 0 aliphatic carbocycles. The van der Waals surface area contributed by atoms with Crippen LogP contribution in [0.4, 0.5) is 12.7 Å². The van der Waals surface area contributed by atoms with Crippen molar-refractivity contribution in [3.63, 3.8) is 0 Å². The quantitative estimate of drug-likeness (QED) is 0.723. The number of hydrogen-bond acceptors (Lipinski definition) is 2. The van der Waals surface area contributed by atoms with Crippen molar-refractivity contribution in [3.05, 3.63) is 29.3 Å². The Morgan fingerprint density at radius 2 is 1.79 bits per heavy atom. The number of halogens is 3. The second-order valence-corrected chi connectivity index (χ2v) is 4.17. The zero-order chi connectivity index (χ0) is 10.9. The highest BCUT2D eigenvalue weighted by atomic mass is 32.3. The highest BCUT2D eigenvalue weighted by Gasteiger charge is 2.16. The summed E-state index contributed by atoms with van der Waals surface area (Å²) in [6, 6.07) is 2.74. The van der Waals surface area contributed by atoms with Crippen LogP contribution in [0.25, 0.3) is 0 Å². The largest absolute Gasteiger partial charge is 0.332 e. The third-order valence-corrected chi connectivity index (χ3v) is 2.41. The molecule has 1 rings (SSSR count). The minimum absolute atomic E-state index is 0.277. The Balaban J connectivity index is 3.35. The highest BCUT2D eigenvalue weighted by molar-refractivity contribution is 7.86. The smallest absolute Gasteiger partial charge is 0.205 e. The Bertz CT molecular complexity index is 440. The first kappa shape index (κ1) is 11.0. The second kappa shape index (κ2) is 3.61. The van der Waals surface area contributed by atoms with Gasteiger partial charge in [0, 0.05) is 5.56 Å². The fourth-order valence-corrected chi connectivity index (χ4v) is 1.65.